The average molecular weight is 657 g/mol. The lowest BCUT2D eigenvalue weighted by atomic mass is 10.0. The van der Waals surface area contributed by atoms with E-state index in [1.165, 1.54) is 53.1 Å². The van der Waals surface area contributed by atoms with Crippen molar-refractivity contribution in [1.82, 2.24) is 19.4 Å². The van der Waals surface area contributed by atoms with Crippen LogP contribution in [0.2, 0.25) is 0 Å². The van der Waals surface area contributed by atoms with Gasteiger partial charge in [-0.1, -0.05) is 152 Å². The van der Waals surface area contributed by atoms with Crippen LogP contribution in [0.25, 0.3) is 92.8 Å². The smallest absolute Gasteiger partial charge is 0.164 e. The summed E-state index contributed by atoms with van der Waals surface area (Å²) < 4.78 is 4.92. The molecule has 5 heteroatoms. The molecule has 0 atom stereocenters. The highest BCUT2D eigenvalue weighted by Crippen LogP contribution is 2.41. The standard InChI is InChI=1S/C45H28N4S/c1-3-13-30(14-4-1)43-46-44(31-15-5-2-6-16-31)48-45(47-43)32-27-25-29(26-28-32)33-18-11-21-37-36-20-12-19-35-34-17-7-8-22-38(34)49(41(35)36)39-23-9-10-24-40(39)50-42(33)37/h1-28H. The highest BCUT2D eigenvalue weighted by atomic mass is 32.1. The quantitative estimate of drug-likeness (QED) is 0.189. The zero-order chi connectivity index (χ0) is 33.0. The van der Waals surface area contributed by atoms with Gasteiger partial charge in [-0.3, -0.25) is 0 Å². The maximum atomic E-state index is 4.95. The molecule has 3 heterocycles. The van der Waals surface area contributed by atoms with Crippen LogP contribution in [-0.2, 0) is 0 Å². The Morgan fingerprint density at radius 1 is 0.360 bits per heavy atom. The molecule has 0 radical (unpaired) electrons. The van der Waals surface area contributed by atoms with Crippen LogP contribution in [0.4, 0.5) is 0 Å². The Morgan fingerprint density at radius 2 is 0.840 bits per heavy atom. The maximum absolute atomic E-state index is 4.95. The molecule has 0 aliphatic carbocycles. The Morgan fingerprint density at radius 3 is 1.52 bits per heavy atom. The van der Waals surface area contributed by atoms with Gasteiger partial charge in [0.25, 0.3) is 0 Å². The SMILES string of the molecule is c1ccc(-c2nc(-c3ccccc3)nc(-c3ccc(-c4cccc5c4sc4ccccc4n4c6ccccc6c6cccc5c64)cc3)n2)cc1. The third-order valence-electron chi connectivity index (χ3n) is 9.47. The molecule has 0 saturated carbocycles. The van der Waals surface area contributed by atoms with Gasteiger partial charge in [0.1, 0.15) is 0 Å². The van der Waals surface area contributed by atoms with Gasteiger partial charge in [0.2, 0.25) is 0 Å². The lowest BCUT2D eigenvalue weighted by Gasteiger charge is -2.11. The van der Waals surface area contributed by atoms with Crippen molar-refractivity contribution in [1.29, 1.82) is 0 Å². The molecule has 0 N–H and O–H groups in total. The summed E-state index contributed by atoms with van der Waals surface area (Å²) in [6.45, 7) is 0. The van der Waals surface area contributed by atoms with Gasteiger partial charge in [-0.25, -0.2) is 15.0 Å². The molecule has 0 saturated heterocycles. The summed E-state index contributed by atoms with van der Waals surface area (Å²) in [5, 5.41) is 5.01. The number of para-hydroxylation sites is 3. The molecule has 0 aliphatic heterocycles. The minimum absolute atomic E-state index is 0.649. The molecule has 234 valence electrons. The van der Waals surface area contributed by atoms with Crippen molar-refractivity contribution in [3.8, 4) is 45.3 Å². The van der Waals surface area contributed by atoms with Gasteiger partial charge in [-0.15, -0.1) is 11.3 Å². The van der Waals surface area contributed by atoms with Gasteiger partial charge in [0.15, 0.2) is 17.5 Å². The number of hydrogen-bond donors (Lipinski definition) is 0. The van der Waals surface area contributed by atoms with E-state index in [0.717, 1.165) is 22.3 Å². The van der Waals surface area contributed by atoms with Crippen LogP contribution < -0.4 is 0 Å². The average Bonchev–Trinajstić information content (AvgIpc) is 3.53. The predicted octanol–water partition coefficient (Wildman–Crippen LogP) is 12.0. The van der Waals surface area contributed by atoms with E-state index in [1.807, 2.05) is 72.0 Å². The fourth-order valence-corrected chi connectivity index (χ4v) is 8.36. The Balaban J connectivity index is 1.18. The summed E-state index contributed by atoms with van der Waals surface area (Å²) in [7, 11) is 0. The predicted molar refractivity (Wildman–Crippen MR) is 209 cm³/mol. The van der Waals surface area contributed by atoms with Gasteiger partial charge >= 0.3 is 0 Å². The first kappa shape index (κ1) is 28.6. The summed E-state index contributed by atoms with van der Waals surface area (Å²) >= 11 is 1.84. The van der Waals surface area contributed by atoms with Gasteiger partial charge in [-0.05, 0) is 29.3 Å². The molecule has 10 aromatic rings. The Kier molecular flexibility index (Phi) is 6.64. The van der Waals surface area contributed by atoms with E-state index in [0.29, 0.717) is 17.5 Å². The first-order valence-corrected chi connectivity index (χ1v) is 17.5. The molecule has 0 spiro atoms. The zero-order valence-corrected chi connectivity index (χ0v) is 27.7. The second-order valence-corrected chi connectivity index (χ2v) is 13.5. The van der Waals surface area contributed by atoms with Crippen molar-refractivity contribution in [3.05, 3.63) is 170 Å². The fraction of sp³-hybridized carbons (Fsp3) is 0. The van der Waals surface area contributed by atoms with Crippen LogP contribution in [-0.4, -0.2) is 19.4 Å². The van der Waals surface area contributed by atoms with Crippen molar-refractivity contribution in [2.45, 2.75) is 0 Å². The zero-order valence-electron chi connectivity index (χ0n) is 26.9. The number of hydrogen-bond acceptors (Lipinski definition) is 4. The number of benzene rings is 7. The summed E-state index contributed by atoms with van der Waals surface area (Å²) in [5.41, 5.74) is 8.86. The second-order valence-electron chi connectivity index (χ2n) is 12.4. The largest absolute Gasteiger partial charge is 0.307 e. The van der Waals surface area contributed by atoms with Crippen LogP contribution in [0, 0.1) is 0 Å². The van der Waals surface area contributed by atoms with Crippen molar-refractivity contribution >= 4 is 58.8 Å². The molecule has 10 rings (SSSR count). The molecule has 3 aromatic heterocycles. The minimum Gasteiger partial charge on any atom is -0.307 e. The third kappa shape index (κ3) is 4.63. The third-order valence-corrected chi connectivity index (χ3v) is 10.7. The number of fused-ring (bicyclic) bond motifs is 7. The lowest BCUT2D eigenvalue weighted by molar-refractivity contribution is 1.07. The molecular formula is C45H28N4S. The normalized spacial score (nSPS) is 11.6. The topological polar surface area (TPSA) is 43.1 Å². The molecule has 0 aliphatic rings. The molecule has 0 bridgehead atoms. The molecule has 0 amide bonds. The van der Waals surface area contributed by atoms with Crippen molar-refractivity contribution in [2.24, 2.45) is 0 Å². The maximum Gasteiger partial charge on any atom is 0.164 e. The Bertz CT molecular complexity index is 2850. The van der Waals surface area contributed by atoms with Crippen LogP contribution in [0.3, 0.4) is 0 Å². The van der Waals surface area contributed by atoms with Gasteiger partial charge in [0, 0.05) is 42.9 Å². The minimum atomic E-state index is 0.649. The highest BCUT2D eigenvalue weighted by molar-refractivity contribution is 7.24. The monoisotopic (exact) mass is 656 g/mol. The van der Waals surface area contributed by atoms with Gasteiger partial charge in [-0.2, -0.15) is 0 Å². The molecule has 4 nitrogen and oxygen atoms in total. The summed E-state index contributed by atoms with van der Waals surface area (Å²) in [4.78, 5) is 14.8. The van der Waals surface area contributed by atoms with E-state index >= 15 is 0 Å². The summed E-state index contributed by atoms with van der Waals surface area (Å²) in [6.07, 6.45) is 0. The number of nitrogens with zero attached hydrogens (tertiary/aromatic N) is 4. The van der Waals surface area contributed by atoms with Crippen molar-refractivity contribution in [3.63, 3.8) is 0 Å². The second kappa shape index (κ2) is 11.6. The van der Waals surface area contributed by atoms with E-state index in [2.05, 4.69) is 114 Å². The van der Waals surface area contributed by atoms with Crippen LogP contribution >= 0.6 is 11.3 Å². The van der Waals surface area contributed by atoms with Gasteiger partial charge in [0.05, 0.1) is 21.3 Å². The van der Waals surface area contributed by atoms with E-state index < -0.39 is 0 Å². The molecule has 0 unspecified atom stereocenters. The molecule has 50 heavy (non-hydrogen) atoms. The Labute approximate surface area is 292 Å². The first-order chi connectivity index (χ1) is 24.8. The summed E-state index contributed by atoms with van der Waals surface area (Å²) in [6, 6.07) is 59.8. The van der Waals surface area contributed by atoms with E-state index in [4.69, 9.17) is 15.0 Å². The number of aromatic nitrogens is 4. The molecular weight excluding hydrogens is 629 g/mol. The van der Waals surface area contributed by atoms with E-state index in [1.54, 1.807) is 0 Å². The first-order valence-electron chi connectivity index (χ1n) is 16.7. The van der Waals surface area contributed by atoms with Crippen LogP contribution in [0.5, 0.6) is 0 Å². The van der Waals surface area contributed by atoms with Crippen molar-refractivity contribution in [2.75, 3.05) is 0 Å². The molecule has 7 aromatic carbocycles. The molecule has 0 fully saturated rings. The van der Waals surface area contributed by atoms with E-state index in [9.17, 15) is 0 Å². The van der Waals surface area contributed by atoms with Crippen LogP contribution in [0.1, 0.15) is 0 Å². The number of rotatable bonds is 4. The van der Waals surface area contributed by atoms with Gasteiger partial charge < -0.3 is 4.40 Å². The fourth-order valence-electron chi connectivity index (χ4n) is 7.15. The highest BCUT2D eigenvalue weighted by Gasteiger charge is 2.16. The van der Waals surface area contributed by atoms with Crippen molar-refractivity contribution < 1.29 is 0 Å². The van der Waals surface area contributed by atoms with E-state index in [-0.39, 0.29) is 0 Å². The van der Waals surface area contributed by atoms with Crippen LogP contribution in [0.15, 0.2) is 170 Å². The summed E-state index contributed by atoms with van der Waals surface area (Å²) in [5.74, 6) is 1.96. The lowest BCUT2D eigenvalue weighted by Crippen LogP contribution is -2.00. The Hall–Kier alpha value is -6.43.